The summed E-state index contributed by atoms with van der Waals surface area (Å²) in [4.78, 5) is 14.3. The number of aromatic nitrogens is 4. The van der Waals surface area contributed by atoms with Crippen molar-refractivity contribution < 1.29 is 9.42 Å². The second kappa shape index (κ2) is 6.44. The fourth-order valence-electron chi connectivity index (χ4n) is 3.18. The van der Waals surface area contributed by atoms with Crippen molar-refractivity contribution in [3.63, 3.8) is 0 Å². The predicted molar refractivity (Wildman–Crippen MR) is 96.7 cm³/mol. The number of benzene rings is 1. The summed E-state index contributed by atoms with van der Waals surface area (Å²) in [5.41, 5.74) is 3.25. The molecule has 2 heterocycles. The monoisotopic (exact) mass is 354 g/mol. The molecule has 4 rings (SSSR count). The van der Waals surface area contributed by atoms with Crippen molar-refractivity contribution in [2.45, 2.75) is 39.3 Å². The van der Waals surface area contributed by atoms with Gasteiger partial charge in [-0.05, 0) is 60.6 Å². The van der Waals surface area contributed by atoms with Gasteiger partial charge in [0.15, 0.2) is 0 Å². The number of urea groups is 1. The molecule has 8 nitrogen and oxygen atoms in total. The molecule has 0 aliphatic heterocycles. The standard InChI is InChI=1S/C18H22N6O2/c1-11-8-17(24(20-11)12(2)14-5-6-14)19-18(25)23(3)10-13-4-7-15-16(9-13)22-26-21-15/h4,7-9,12,14H,5-6,10H2,1-3H3,(H,19,25). The number of anilines is 1. The molecule has 2 amide bonds. The molecule has 1 atom stereocenters. The van der Waals surface area contributed by atoms with Crippen LogP contribution in [0.15, 0.2) is 28.9 Å². The Balaban J connectivity index is 1.45. The van der Waals surface area contributed by atoms with E-state index in [-0.39, 0.29) is 6.03 Å². The van der Waals surface area contributed by atoms with Crippen LogP contribution >= 0.6 is 0 Å². The Hall–Kier alpha value is -2.90. The SMILES string of the molecule is Cc1cc(NC(=O)N(C)Cc2ccc3nonc3c2)n(C(C)C2CC2)n1. The van der Waals surface area contributed by atoms with Crippen LogP contribution in [0, 0.1) is 12.8 Å². The quantitative estimate of drug-likeness (QED) is 0.759. The average Bonchev–Trinajstić information content (AvgIpc) is 3.25. The molecule has 1 N–H and O–H groups in total. The molecule has 1 unspecified atom stereocenters. The molecule has 0 spiro atoms. The average molecular weight is 354 g/mol. The van der Waals surface area contributed by atoms with Gasteiger partial charge in [0.2, 0.25) is 0 Å². The maximum absolute atomic E-state index is 12.6. The van der Waals surface area contributed by atoms with Gasteiger partial charge in [-0.2, -0.15) is 5.10 Å². The lowest BCUT2D eigenvalue weighted by Crippen LogP contribution is -2.32. The molecule has 136 valence electrons. The van der Waals surface area contributed by atoms with Crippen molar-refractivity contribution in [3.05, 3.63) is 35.5 Å². The van der Waals surface area contributed by atoms with Crippen LogP contribution in [0.1, 0.15) is 37.1 Å². The fourth-order valence-corrected chi connectivity index (χ4v) is 3.18. The second-order valence-corrected chi connectivity index (χ2v) is 7.07. The van der Waals surface area contributed by atoms with Gasteiger partial charge in [0.25, 0.3) is 0 Å². The van der Waals surface area contributed by atoms with Gasteiger partial charge in [-0.25, -0.2) is 14.1 Å². The highest BCUT2D eigenvalue weighted by Crippen LogP contribution is 2.40. The van der Waals surface area contributed by atoms with Crippen LogP contribution < -0.4 is 5.32 Å². The highest BCUT2D eigenvalue weighted by atomic mass is 16.6. The molecule has 1 aromatic carbocycles. The normalized spacial score (nSPS) is 15.2. The molecule has 26 heavy (non-hydrogen) atoms. The highest BCUT2D eigenvalue weighted by molar-refractivity contribution is 5.88. The Bertz CT molecular complexity index is 942. The van der Waals surface area contributed by atoms with Gasteiger partial charge in [-0.15, -0.1) is 0 Å². The van der Waals surface area contributed by atoms with Gasteiger partial charge in [0.1, 0.15) is 16.9 Å². The number of carbonyl (C=O) groups excluding carboxylic acids is 1. The zero-order valence-corrected chi connectivity index (χ0v) is 15.1. The maximum Gasteiger partial charge on any atom is 0.323 e. The largest absolute Gasteiger partial charge is 0.323 e. The molecule has 1 fully saturated rings. The van der Waals surface area contributed by atoms with E-state index in [0.29, 0.717) is 29.5 Å². The number of fused-ring (bicyclic) bond motifs is 1. The minimum absolute atomic E-state index is 0.174. The van der Waals surface area contributed by atoms with E-state index < -0.39 is 0 Å². The molecule has 0 radical (unpaired) electrons. The van der Waals surface area contributed by atoms with Crippen LogP contribution in [0.4, 0.5) is 10.6 Å². The molecule has 1 aliphatic rings. The first-order valence-electron chi connectivity index (χ1n) is 8.81. The second-order valence-electron chi connectivity index (χ2n) is 7.07. The smallest absolute Gasteiger partial charge is 0.323 e. The number of hydrogen-bond acceptors (Lipinski definition) is 5. The van der Waals surface area contributed by atoms with Crippen LogP contribution in [0.2, 0.25) is 0 Å². The van der Waals surface area contributed by atoms with Crippen LogP contribution in [-0.2, 0) is 6.54 Å². The van der Waals surface area contributed by atoms with Crippen molar-refractivity contribution in [3.8, 4) is 0 Å². The Morgan fingerprint density at radius 2 is 2.12 bits per heavy atom. The van der Waals surface area contributed by atoms with Crippen molar-refractivity contribution in [1.82, 2.24) is 25.0 Å². The molecule has 1 aliphatic carbocycles. The number of nitrogens with zero attached hydrogens (tertiary/aromatic N) is 5. The van der Waals surface area contributed by atoms with Gasteiger partial charge in [-0.1, -0.05) is 6.07 Å². The Morgan fingerprint density at radius 3 is 2.88 bits per heavy atom. The summed E-state index contributed by atoms with van der Waals surface area (Å²) >= 11 is 0. The first-order chi connectivity index (χ1) is 12.5. The Labute approximate surface area is 151 Å². The number of carbonyl (C=O) groups is 1. The van der Waals surface area contributed by atoms with Gasteiger partial charge < -0.3 is 4.90 Å². The summed E-state index contributed by atoms with van der Waals surface area (Å²) in [6, 6.07) is 7.67. The van der Waals surface area contributed by atoms with E-state index in [1.165, 1.54) is 12.8 Å². The number of hydrogen-bond donors (Lipinski definition) is 1. The minimum atomic E-state index is -0.174. The van der Waals surface area contributed by atoms with Crippen LogP contribution in [0.3, 0.4) is 0 Å². The van der Waals surface area contributed by atoms with E-state index in [2.05, 4.69) is 27.7 Å². The van der Waals surface area contributed by atoms with Crippen molar-refractivity contribution in [2.24, 2.45) is 5.92 Å². The zero-order chi connectivity index (χ0) is 18.3. The maximum atomic E-state index is 12.6. The number of nitrogens with one attached hydrogen (secondary N) is 1. The predicted octanol–water partition coefficient (Wildman–Crippen LogP) is 3.36. The summed E-state index contributed by atoms with van der Waals surface area (Å²) in [6.07, 6.45) is 2.46. The summed E-state index contributed by atoms with van der Waals surface area (Å²) in [5, 5.41) is 15.2. The molecule has 1 saturated carbocycles. The lowest BCUT2D eigenvalue weighted by Gasteiger charge is -2.20. The Kier molecular flexibility index (Phi) is 4.10. The number of aryl methyl sites for hydroxylation is 1. The first-order valence-corrected chi connectivity index (χ1v) is 8.81. The van der Waals surface area contributed by atoms with E-state index in [1.54, 1.807) is 11.9 Å². The summed E-state index contributed by atoms with van der Waals surface area (Å²) < 4.78 is 6.65. The minimum Gasteiger partial charge on any atom is -0.323 e. The van der Waals surface area contributed by atoms with Gasteiger partial charge >= 0.3 is 6.03 Å². The topological polar surface area (TPSA) is 89.1 Å². The van der Waals surface area contributed by atoms with E-state index in [4.69, 9.17) is 4.63 Å². The first kappa shape index (κ1) is 16.6. The lowest BCUT2D eigenvalue weighted by molar-refractivity contribution is 0.220. The molecule has 2 aromatic heterocycles. The molecular weight excluding hydrogens is 332 g/mol. The number of amides is 2. The van der Waals surface area contributed by atoms with Gasteiger partial charge in [0, 0.05) is 19.7 Å². The van der Waals surface area contributed by atoms with Crippen LogP contribution in [-0.4, -0.2) is 38.1 Å². The van der Waals surface area contributed by atoms with Crippen LogP contribution in [0.25, 0.3) is 11.0 Å². The Morgan fingerprint density at radius 1 is 1.35 bits per heavy atom. The summed E-state index contributed by atoms with van der Waals surface area (Å²) in [6.45, 7) is 4.56. The van der Waals surface area contributed by atoms with Crippen LogP contribution in [0.5, 0.6) is 0 Å². The summed E-state index contributed by atoms with van der Waals surface area (Å²) in [5.74, 6) is 1.40. The van der Waals surface area contributed by atoms with Gasteiger partial charge in [0.05, 0.1) is 11.7 Å². The molecule has 0 saturated heterocycles. The third-order valence-electron chi connectivity index (χ3n) is 4.87. The zero-order valence-electron chi connectivity index (χ0n) is 15.1. The van der Waals surface area contributed by atoms with E-state index in [9.17, 15) is 4.79 Å². The molecule has 3 aromatic rings. The van der Waals surface area contributed by atoms with E-state index >= 15 is 0 Å². The number of rotatable bonds is 5. The van der Waals surface area contributed by atoms with Gasteiger partial charge in [-0.3, -0.25) is 5.32 Å². The van der Waals surface area contributed by atoms with Crippen molar-refractivity contribution in [1.29, 1.82) is 0 Å². The van der Waals surface area contributed by atoms with Crippen molar-refractivity contribution in [2.75, 3.05) is 12.4 Å². The molecule has 8 heteroatoms. The lowest BCUT2D eigenvalue weighted by atomic mass is 10.2. The third kappa shape index (κ3) is 3.26. The molecular formula is C18H22N6O2. The fraction of sp³-hybridized carbons (Fsp3) is 0.444. The third-order valence-corrected chi connectivity index (χ3v) is 4.87. The summed E-state index contributed by atoms with van der Waals surface area (Å²) in [7, 11) is 1.76. The van der Waals surface area contributed by atoms with Crippen molar-refractivity contribution >= 4 is 22.9 Å². The highest BCUT2D eigenvalue weighted by Gasteiger charge is 2.31. The van der Waals surface area contributed by atoms with E-state index in [1.807, 2.05) is 35.9 Å². The molecule has 0 bridgehead atoms. The van der Waals surface area contributed by atoms with E-state index in [0.717, 1.165) is 17.1 Å².